The number of carbonyl (C=O) groups is 1. The standard InChI is InChI=1S/C14H14ClNO3S/c1-3-9-10-7-8(15)5-6-16(10)13(17)11(12(9)20)14(18)19-4-2/h5-7,17H,3-4H2,1-2H3. The van der Waals surface area contributed by atoms with Gasteiger partial charge in [0, 0.05) is 11.2 Å². The molecule has 0 radical (unpaired) electrons. The van der Waals surface area contributed by atoms with E-state index in [9.17, 15) is 9.90 Å². The van der Waals surface area contributed by atoms with Gasteiger partial charge in [-0.2, -0.15) is 0 Å². The van der Waals surface area contributed by atoms with Crippen molar-refractivity contribution < 1.29 is 14.6 Å². The van der Waals surface area contributed by atoms with Crippen LogP contribution in [0.2, 0.25) is 5.02 Å². The average Bonchev–Trinajstić information content (AvgIpc) is 2.39. The lowest BCUT2D eigenvalue weighted by atomic mass is 10.1. The SMILES string of the molecule is CCOC(=O)c1c(O)n2ccc(Cl)cc2c(CC)c1=S. The summed E-state index contributed by atoms with van der Waals surface area (Å²) in [6.07, 6.45) is 2.22. The number of aromatic hydroxyl groups is 1. The van der Waals surface area contributed by atoms with Crippen molar-refractivity contribution in [1.82, 2.24) is 4.40 Å². The summed E-state index contributed by atoms with van der Waals surface area (Å²) in [4.78, 5) is 12.0. The largest absolute Gasteiger partial charge is 0.494 e. The van der Waals surface area contributed by atoms with E-state index in [-0.39, 0.29) is 18.1 Å². The molecule has 0 fully saturated rings. The molecule has 0 atom stereocenters. The first-order valence-corrected chi connectivity index (χ1v) is 7.02. The molecule has 1 N–H and O–H groups in total. The van der Waals surface area contributed by atoms with Gasteiger partial charge in [0.15, 0.2) is 0 Å². The van der Waals surface area contributed by atoms with Crippen molar-refractivity contribution >= 4 is 35.3 Å². The fraction of sp³-hybridized carbons (Fsp3) is 0.286. The van der Waals surface area contributed by atoms with Crippen LogP contribution >= 0.6 is 23.8 Å². The number of pyridine rings is 2. The molecule has 0 amide bonds. The van der Waals surface area contributed by atoms with Crippen LogP contribution < -0.4 is 0 Å². The highest BCUT2D eigenvalue weighted by molar-refractivity contribution is 7.71. The van der Waals surface area contributed by atoms with Crippen LogP contribution in [0.5, 0.6) is 5.88 Å². The number of rotatable bonds is 3. The summed E-state index contributed by atoms with van der Waals surface area (Å²) >= 11 is 11.3. The molecule has 0 saturated carbocycles. The highest BCUT2D eigenvalue weighted by Gasteiger charge is 2.20. The van der Waals surface area contributed by atoms with E-state index in [1.165, 1.54) is 4.40 Å². The molecular formula is C14H14ClNO3S. The number of nitrogens with zero attached hydrogens (tertiary/aromatic N) is 1. The quantitative estimate of drug-likeness (QED) is 0.692. The van der Waals surface area contributed by atoms with Gasteiger partial charge in [0.1, 0.15) is 5.56 Å². The van der Waals surface area contributed by atoms with Crippen molar-refractivity contribution in [3.05, 3.63) is 39.0 Å². The number of carbonyl (C=O) groups excluding carboxylic acids is 1. The van der Waals surface area contributed by atoms with Gasteiger partial charge in [-0.15, -0.1) is 0 Å². The molecular weight excluding hydrogens is 298 g/mol. The molecule has 6 heteroatoms. The molecule has 20 heavy (non-hydrogen) atoms. The van der Waals surface area contributed by atoms with Crippen LogP contribution in [0.15, 0.2) is 18.3 Å². The molecule has 2 rings (SSSR count). The zero-order chi connectivity index (χ0) is 14.9. The van der Waals surface area contributed by atoms with Gasteiger partial charge >= 0.3 is 5.97 Å². The predicted octanol–water partition coefficient (Wildman–Crippen LogP) is 3.77. The van der Waals surface area contributed by atoms with Crippen LogP contribution in [0.1, 0.15) is 29.8 Å². The minimum absolute atomic E-state index is 0.0264. The lowest BCUT2D eigenvalue weighted by Crippen LogP contribution is -2.10. The van der Waals surface area contributed by atoms with Crippen molar-refractivity contribution in [3.8, 4) is 5.88 Å². The van der Waals surface area contributed by atoms with E-state index in [0.29, 0.717) is 21.5 Å². The van der Waals surface area contributed by atoms with Crippen LogP contribution in [0, 0.1) is 4.51 Å². The average molecular weight is 312 g/mol. The van der Waals surface area contributed by atoms with Crippen molar-refractivity contribution in [2.24, 2.45) is 0 Å². The number of fused-ring (bicyclic) bond motifs is 1. The normalized spacial score (nSPS) is 10.8. The van der Waals surface area contributed by atoms with E-state index >= 15 is 0 Å². The molecule has 0 aromatic carbocycles. The molecule has 2 aromatic rings. The summed E-state index contributed by atoms with van der Waals surface area (Å²) in [5.41, 5.74) is 1.50. The Balaban J connectivity index is 2.88. The molecule has 0 aliphatic carbocycles. The Bertz CT molecular complexity index is 739. The van der Waals surface area contributed by atoms with Crippen molar-refractivity contribution in [2.75, 3.05) is 6.61 Å². The Morgan fingerprint density at radius 1 is 1.50 bits per heavy atom. The van der Waals surface area contributed by atoms with Gasteiger partial charge in [-0.1, -0.05) is 30.7 Å². The first-order valence-electron chi connectivity index (χ1n) is 6.24. The van der Waals surface area contributed by atoms with Gasteiger partial charge in [0.05, 0.1) is 16.6 Å². The number of hydrogen-bond acceptors (Lipinski definition) is 4. The number of esters is 1. The van der Waals surface area contributed by atoms with Crippen LogP contribution in [-0.2, 0) is 11.2 Å². The molecule has 0 aliphatic heterocycles. The van der Waals surface area contributed by atoms with Crippen molar-refractivity contribution in [1.29, 1.82) is 0 Å². The van der Waals surface area contributed by atoms with Crippen molar-refractivity contribution in [2.45, 2.75) is 20.3 Å². The van der Waals surface area contributed by atoms with E-state index < -0.39 is 5.97 Å². The van der Waals surface area contributed by atoms with Gasteiger partial charge in [-0.25, -0.2) is 4.79 Å². The summed E-state index contributed by atoms with van der Waals surface area (Å²) in [6.45, 7) is 3.85. The fourth-order valence-corrected chi connectivity index (χ4v) is 2.69. The second kappa shape index (κ2) is 5.81. The molecule has 106 valence electrons. The van der Waals surface area contributed by atoms with Crippen LogP contribution in [0.3, 0.4) is 0 Å². The third-order valence-electron chi connectivity index (χ3n) is 3.01. The Labute approximate surface area is 126 Å². The summed E-state index contributed by atoms with van der Waals surface area (Å²) in [5, 5.41) is 10.8. The third kappa shape index (κ3) is 2.39. The van der Waals surface area contributed by atoms with Crippen LogP contribution in [0.4, 0.5) is 0 Å². The van der Waals surface area contributed by atoms with E-state index in [1.807, 2.05) is 6.92 Å². The smallest absolute Gasteiger partial charge is 0.345 e. The topological polar surface area (TPSA) is 50.9 Å². The molecule has 0 aliphatic rings. The summed E-state index contributed by atoms with van der Waals surface area (Å²) in [6, 6.07) is 3.34. The van der Waals surface area contributed by atoms with Crippen molar-refractivity contribution in [3.63, 3.8) is 0 Å². The summed E-state index contributed by atoms with van der Waals surface area (Å²) in [5.74, 6) is -0.841. The maximum atomic E-state index is 12.0. The van der Waals surface area contributed by atoms with Gasteiger partial charge in [0.2, 0.25) is 5.88 Å². The highest BCUT2D eigenvalue weighted by atomic mass is 35.5. The minimum Gasteiger partial charge on any atom is -0.494 e. The number of aromatic nitrogens is 1. The number of hydrogen-bond donors (Lipinski definition) is 1. The zero-order valence-corrected chi connectivity index (χ0v) is 12.7. The molecule has 0 saturated heterocycles. The second-order valence-corrected chi connectivity index (χ2v) is 5.03. The molecule has 2 aromatic heterocycles. The zero-order valence-electron chi connectivity index (χ0n) is 11.1. The van der Waals surface area contributed by atoms with Crippen LogP contribution in [0.25, 0.3) is 5.52 Å². The molecule has 0 spiro atoms. The number of aryl methyl sites for hydroxylation is 1. The maximum absolute atomic E-state index is 12.0. The number of halogens is 1. The molecule has 4 nitrogen and oxygen atoms in total. The van der Waals surface area contributed by atoms with Crippen LogP contribution in [-0.4, -0.2) is 22.1 Å². The van der Waals surface area contributed by atoms with E-state index in [1.54, 1.807) is 25.3 Å². The fourth-order valence-electron chi connectivity index (χ4n) is 2.11. The lowest BCUT2D eigenvalue weighted by Gasteiger charge is -2.14. The molecule has 2 heterocycles. The third-order valence-corrected chi connectivity index (χ3v) is 3.70. The Morgan fingerprint density at radius 3 is 2.80 bits per heavy atom. The second-order valence-electron chi connectivity index (χ2n) is 4.18. The van der Waals surface area contributed by atoms with Gasteiger partial charge in [0.25, 0.3) is 0 Å². The Morgan fingerprint density at radius 2 is 2.20 bits per heavy atom. The number of ether oxygens (including phenoxy) is 1. The van der Waals surface area contributed by atoms with E-state index in [0.717, 1.165) is 5.56 Å². The van der Waals surface area contributed by atoms with E-state index in [4.69, 9.17) is 28.6 Å². The first kappa shape index (κ1) is 14.8. The molecule has 0 unspecified atom stereocenters. The summed E-state index contributed by atoms with van der Waals surface area (Å²) in [7, 11) is 0. The first-order chi connectivity index (χ1) is 9.51. The van der Waals surface area contributed by atoms with Gasteiger partial charge in [-0.3, -0.25) is 4.40 Å². The predicted molar refractivity (Wildman–Crippen MR) is 80.2 cm³/mol. The Hall–Kier alpha value is -1.59. The summed E-state index contributed by atoms with van der Waals surface area (Å²) < 4.78 is 6.76. The monoisotopic (exact) mass is 311 g/mol. The van der Waals surface area contributed by atoms with Gasteiger partial charge < -0.3 is 9.84 Å². The lowest BCUT2D eigenvalue weighted by molar-refractivity contribution is 0.0521. The maximum Gasteiger partial charge on any atom is 0.345 e. The minimum atomic E-state index is -0.617. The highest BCUT2D eigenvalue weighted by Crippen LogP contribution is 2.28. The van der Waals surface area contributed by atoms with E-state index in [2.05, 4.69) is 0 Å². The Kier molecular flexibility index (Phi) is 4.30. The van der Waals surface area contributed by atoms with Gasteiger partial charge in [-0.05, 0) is 31.0 Å². The molecule has 0 bridgehead atoms.